The van der Waals surface area contributed by atoms with Crippen LogP contribution in [0.25, 0.3) is 10.8 Å². The first-order valence-corrected chi connectivity index (χ1v) is 11.9. The molecular formula is C26H25F3N4O4. The van der Waals surface area contributed by atoms with E-state index in [9.17, 15) is 18.0 Å². The summed E-state index contributed by atoms with van der Waals surface area (Å²) in [7, 11) is 0. The Kier molecular flexibility index (Phi) is 6.49. The molecule has 0 bridgehead atoms. The number of ether oxygens (including phenoxy) is 1. The average Bonchev–Trinajstić information content (AvgIpc) is 3.60. The molecule has 1 saturated heterocycles. The van der Waals surface area contributed by atoms with E-state index in [1.54, 1.807) is 0 Å². The Hall–Kier alpha value is -3.73. The second-order valence-corrected chi connectivity index (χ2v) is 9.60. The molecule has 2 fully saturated rings. The lowest BCUT2D eigenvalue weighted by atomic mass is 9.80. The van der Waals surface area contributed by atoms with Crippen LogP contribution >= 0.6 is 0 Å². The van der Waals surface area contributed by atoms with Gasteiger partial charge in [0.15, 0.2) is 0 Å². The first-order chi connectivity index (χ1) is 17.6. The molecule has 3 aliphatic rings. The number of halogens is 3. The summed E-state index contributed by atoms with van der Waals surface area (Å²) in [6.07, 6.45) is 0.0342. The van der Waals surface area contributed by atoms with Gasteiger partial charge in [-0.05, 0) is 42.2 Å². The Balaban J connectivity index is 0.000000355. The molecule has 8 nitrogen and oxygen atoms in total. The van der Waals surface area contributed by atoms with Crippen molar-refractivity contribution >= 4 is 28.6 Å². The molecule has 1 unspecified atom stereocenters. The van der Waals surface area contributed by atoms with Crippen LogP contribution in [0.1, 0.15) is 40.9 Å². The number of carbonyl (C=O) groups is 2. The van der Waals surface area contributed by atoms with E-state index in [0.717, 1.165) is 34.0 Å². The van der Waals surface area contributed by atoms with Crippen molar-refractivity contribution in [2.75, 3.05) is 25.0 Å². The molecule has 2 aromatic carbocycles. The molecule has 1 saturated carbocycles. The van der Waals surface area contributed by atoms with Gasteiger partial charge < -0.3 is 20.1 Å². The smallest absolute Gasteiger partial charge is 0.475 e. The van der Waals surface area contributed by atoms with E-state index in [4.69, 9.17) is 19.6 Å². The quantitative estimate of drug-likeness (QED) is 0.541. The van der Waals surface area contributed by atoms with Crippen LogP contribution in [0, 0.1) is 0 Å². The zero-order valence-corrected chi connectivity index (χ0v) is 19.8. The minimum absolute atomic E-state index is 0.0788. The molecule has 1 aliphatic carbocycles. The van der Waals surface area contributed by atoms with Gasteiger partial charge in [-0.2, -0.15) is 13.2 Å². The molecule has 3 aromatic rings. The van der Waals surface area contributed by atoms with E-state index in [1.165, 1.54) is 12.8 Å². The normalized spacial score (nSPS) is 20.8. The Morgan fingerprint density at radius 1 is 1.14 bits per heavy atom. The summed E-state index contributed by atoms with van der Waals surface area (Å²) in [6.45, 7) is 2.48. The number of carboxylic acids is 1. The fraction of sp³-hybridized carbons (Fsp3) is 0.385. The van der Waals surface area contributed by atoms with Gasteiger partial charge in [0.25, 0.3) is 5.91 Å². The molecule has 1 aromatic heterocycles. The summed E-state index contributed by atoms with van der Waals surface area (Å²) < 4.78 is 37.7. The molecule has 11 heteroatoms. The molecule has 1 atom stereocenters. The van der Waals surface area contributed by atoms with Crippen LogP contribution in [0.5, 0.6) is 0 Å². The molecular weight excluding hydrogens is 489 g/mol. The van der Waals surface area contributed by atoms with Gasteiger partial charge in [-0.15, -0.1) is 0 Å². The third-order valence-electron chi connectivity index (χ3n) is 6.79. The van der Waals surface area contributed by atoms with E-state index in [1.807, 2.05) is 47.5 Å². The molecule has 0 radical (unpaired) electrons. The van der Waals surface area contributed by atoms with Crippen molar-refractivity contribution in [3.05, 3.63) is 65.5 Å². The predicted octanol–water partition coefficient (Wildman–Crippen LogP) is 4.15. The van der Waals surface area contributed by atoms with Crippen LogP contribution in [-0.4, -0.2) is 63.8 Å². The second-order valence-electron chi connectivity index (χ2n) is 9.60. The highest BCUT2D eigenvalue weighted by Crippen LogP contribution is 2.40. The lowest BCUT2D eigenvalue weighted by molar-refractivity contribution is -0.192. The molecule has 2 N–H and O–H groups in total. The van der Waals surface area contributed by atoms with Gasteiger partial charge in [0.2, 0.25) is 5.95 Å². The standard InChI is InChI=1S/C24H24N4O2.C2HF3O2/c29-22(18-6-5-16-3-1-2-4-17(16)11-18)28-10-9-24(14-28)15-30-13-19-12-25-23(27-21(19)24)26-20-7-8-20;3-2(4,5)1(6)7/h1-6,11-12,20H,7-10,13-15H2,(H,25,26,27);(H,6,7). The highest BCUT2D eigenvalue weighted by atomic mass is 19.4. The number of rotatable bonds is 3. The predicted molar refractivity (Wildman–Crippen MR) is 128 cm³/mol. The van der Waals surface area contributed by atoms with E-state index in [0.29, 0.717) is 38.3 Å². The molecule has 1 spiro atoms. The maximum absolute atomic E-state index is 13.3. The Labute approximate surface area is 210 Å². The number of benzene rings is 2. The van der Waals surface area contributed by atoms with Crippen molar-refractivity contribution in [1.29, 1.82) is 0 Å². The third-order valence-corrected chi connectivity index (χ3v) is 6.79. The Bertz CT molecular complexity index is 1340. The molecule has 6 rings (SSSR count). The number of alkyl halides is 3. The number of carboxylic acid groups (broad SMARTS) is 1. The fourth-order valence-electron chi connectivity index (χ4n) is 4.74. The number of aliphatic carboxylic acids is 1. The van der Waals surface area contributed by atoms with Crippen molar-refractivity contribution in [3.63, 3.8) is 0 Å². The third kappa shape index (κ3) is 5.36. The van der Waals surface area contributed by atoms with Gasteiger partial charge in [-0.25, -0.2) is 14.8 Å². The van der Waals surface area contributed by atoms with Crippen LogP contribution < -0.4 is 5.32 Å². The molecule has 37 heavy (non-hydrogen) atoms. The summed E-state index contributed by atoms with van der Waals surface area (Å²) in [4.78, 5) is 33.5. The number of hydrogen-bond donors (Lipinski definition) is 2. The van der Waals surface area contributed by atoms with Crippen LogP contribution in [0.4, 0.5) is 19.1 Å². The summed E-state index contributed by atoms with van der Waals surface area (Å²) in [5.41, 5.74) is 2.59. The zero-order valence-electron chi connectivity index (χ0n) is 19.8. The summed E-state index contributed by atoms with van der Waals surface area (Å²) in [5, 5.41) is 12.8. The van der Waals surface area contributed by atoms with Crippen LogP contribution in [0.15, 0.2) is 48.7 Å². The largest absolute Gasteiger partial charge is 0.490 e. The second kappa shape index (κ2) is 9.62. The lowest BCUT2D eigenvalue weighted by Gasteiger charge is -2.34. The summed E-state index contributed by atoms with van der Waals surface area (Å²) >= 11 is 0. The van der Waals surface area contributed by atoms with E-state index in [2.05, 4.69) is 16.4 Å². The van der Waals surface area contributed by atoms with Crippen LogP contribution in [0.2, 0.25) is 0 Å². The van der Waals surface area contributed by atoms with Crippen molar-refractivity contribution in [2.24, 2.45) is 0 Å². The van der Waals surface area contributed by atoms with Crippen molar-refractivity contribution in [3.8, 4) is 0 Å². The number of hydrogen-bond acceptors (Lipinski definition) is 6. The zero-order chi connectivity index (χ0) is 26.2. The van der Waals surface area contributed by atoms with Crippen LogP contribution in [0.3, 0.4) is 0 Å². The van der Waals surface area contributed by atoms with Gasteiger partial charge in [0, 0.05) is 36.5 Å². The van der Waals surface area contributed by atoms with E-state index in [-0.39, 0.29) is 11.3 Å². The number of aromatic nitrogens is 2. The number of anilines is 1. The van der Waals surface area contributed by atoms with Gasteiger partial charge in [0.1, 0.15) is 0 Å². The van der Waals surface area contributed by atoms with Crippen LogP contribution in [-0.2, 0) is 21.6 Å². The monoisotopic (exact) mass is 514 g/mol. The Morgan fingerprint density at radius 3 is 2.57 bits per heavy atom. The summed E-state index contributed by atoms with van der Waals surface area (Å²) in [6, 6.07) is 14.6. The molecule has 194 valence electrons. The van der Waals surface area contributed by atoms with Gasteiger partial charge in [-0.3, -0.25) is 4.79 Å². The van der Waals surface area contributed by atoms with E-state index >= 15 is 0 Å². The van der Waals surface area contributed by atoms with Gasteiger partial charge in [0.05, 0.1) is 24.3 Å². The fourth-order valence-corrected chi connectivity index (χ4v) is 4.74. The number of amides is 1. The van der Waals surface area contributed by atoms with Crippen molar-refractivity contribution in [1.82, 2.24) is 14.9 Å². The number of carbonyl (C=O) groups excluding carboxylic acids is 1. The first-order valence-electron chi connectivity index (χ1n) is 11.9. The Morgan fingerprint density at radius 2 is 1.86 bits per heavy atom. The highest BCUT2D eigenvalue weighted by molar-refractivity contribution is 5.98. The van der Waals surface area contributed by atoms with E-state index < -0.39 is 12.1 Å². The van der Waals surface area contributed by atoms with Gasteiger partial charge >= 0.3 is 12.1 Å². The first kappa shape index (κ1) is 24.9. The minimum atomic E-state index is -5.08. The molecule has 2 aliphatic heterocycles. The summed E-state index contributed by atoms with van der Waals surface area (Å²) in [5.74, 6) is -1.97. The number of likely N-dealkylation sites (tertiary alicyclic amines) is 1. The number of nitrogens with zero attached hydrogens (tertiary/aromatic N) is 3. The average molecular weight is 515 g/mol. The van der Waals surface area contributed by atoms with Crippen molar-refractivity contribution < 1.29 is 32.6 Å². The molecule has 3 heterocycles. The van der Waals surface area contributed by atoms with Gasteiger partial charge in [-0.1, -0.05) is 30.3 Å². The lowest BCUT2D eigenvalue weighted by Crippen LogP contribution is -2.41. The number of fused-ring (bicyclic) bond motifs is 3. The SMILES string of the molecule is O=C(O)C(F)(F)F.O=C(c1ccc2ccccc2c1)N1CCC2(COCc3cnc(NC4CC4)nc32)C1. The number of nitrogens with one attached hydrogen (secondary N) is 1. The maximum atomic E-state index is 13.3. The maximum Gasteiger partial charge on any atom is 0.490 e. The topological polar surface area (TPSA) is 105 Å². The van der Waals surface area contributed by atoms with Crippen molar-refractivity contribution in [2.45, 2.75) is 43.5 Å². The highest BCUT2D eigenvalue weighted by Gasteiger charge is 2.46. The minimum Gasteiger partial charge on any atom is -0.475 e. The molecule has 1 amide bonds.